The second kappa shape index (κ2) is 8.24. The molecule has 3 heterocycles. The number of ether oxygens (including phenoxy) is 3. The first-order chi connectivity index (χ1) is 14.1. The van der Waals surface area contributed by atoms with E-state index in [2.05, 4.69) is 10.3 Å². The molecule has 2 aromatic heterocycles. The van der Waals surface area contributed by atoms with Crippen LogP contribution < -0.4 is 14.8 Å². The van der Waals surface area contributed by atoms with Crippen molar-refractivity contribution in [3.05, 3.63) is 65.1 Å². The maximum Gasteiger partial charge on any atom is 0.331 e. The number of fused-ring (bicyclic) bond motifs is 2. The molecule has 0 unspecified atom stereocenters. The second-order valence-corrected chi connectivity index (χ2v) is 6.48. The quantitative estimate of drug-likeness (QED) is 0.493. The molecule has 0 radical (unpaired) electrons. The van der Waals surface area contributed by atoms with Gasteiger partial charge in [-0.1, -0.05) is 23.7 Å². The molecule has 1 N–H and O–H groups in total. The highest BCUT2D eigenvalue weighted by Gasteiger charge is 2.14. The highest BCUT2D eigenvalue weighted by Crippen LogP contribution is 2.32. The summed E-state index contributed by atoms with van der Waals surface area (Å²) < 4.78 is 17.2. The molecule has 1 amide bonds. The Bertz CT molecular complexity index is 1110. The highest BCUT2D eigenvalue weighted by molar-refractivity contribution is 6.31. The lowest BCUT2D eigenvalue weighted by molar-refractivity contribution is -0.143. The summed E-state index contributed by atoms with van der Waals surface area (Å²) in [7, 11) is 0. The van der Waals surface area contributed by atoms with Crippen LogP contribution >= 0.6 is 11.6 Å². The van der Waals surface area contributed by atoms with E-state index in [-0.39, 0.29) is 18.5 Å². The number of hydrogen-bond donors (Lipinski definition) is 1. The predicted octanol–water partition coefficient (Wildman–Crippen LogP) is 2.59. The summed E-state index contributed by atoms with van der Waals surface area (Å²) in [5.41, 5.74) is 2.05. The highest BCUT2D eigenvalue weighted by atomic mass is 35.5. The Morgan fingerprint density at radius 1 is 1.24 bits per heavy atom. The smallest absolute Gasteiger partial charge is 0.331 e. The van der Waals surface area contributed by atoms with Crippen molar-refractivity contribution in [3.63, 3.8) is 0 Å². The standard InChI is InChI=1S/C20H16ClN3O5/c21-20-14(24-8-2-1-3-17(24)23-20)5-7-19(26)27-11-18(25)22-10-13-4-6-15-16(9-13)29-12-28-15/h1-9H,10-12H2,(H,22,25)/b7-5+. The molecule has 4 rings (SSSR count). The molecule has 1 aliphatic rings. The van der Waals surface area contributed by atoms with E-state index in [9.17, 15) is 9.59 Å². The molecule has 0 atom stereocenters. The molecule has 0 bridgehead atoms. The van der Waals surface area contributed by atoms with Crippen molar-refractivity contribution in [2.24, 2.45) is 0 Å². The molecule has 0 saturated heterocycles. The van der Waals surface area contributed by atoms with Gasteiger partial charge in [0.05, 0.1) is 5.69 Å². The number of carbonyl (C=O) groups excluding carboxylic acids is 2. The number of benzene rings is 1. The van der Waals surface area contributed by atoms with Gasteiger partial charge in [0, 0.05) is 18.8 Å². The molecule has 8 nitrogen and oxygen atoms in total. The van der Waals surface area contributed by atoms with Gasteiger partial charge in [-0.25, -0.2) is 9.78 Å². The number of pyridine rings is 1. The van der Waals surface area contributed by atoms with E-state index in [1.807, 2.05) is 18.2 Å². The molecule has 0 saturated carbocycles. The number of esters is 1. The largest absolute Gasteiger partial charge is 0.454 e. The third kappa shape index (κ3) is 4.33. The number of nitrogens with zero attached hydrogens (tertiary/aromatic N) is 2. The topological polar surface area (TPSA) is 91.2 Å². The summed E-state index contributed by atoms with van der Waals surface area (Å²) in [6.07, 6.45) is 4.48. The SMILES string of the molecule is O=C(COC(=O)/C=C/c1c(Cl)nc2ccccn12)NCc1ccc2c(c1)OCO2. The van der Waals surface area contributed by atoms with Crippen LogP contribution in [0.4, 0.5) is 0 Å². The van der Waals surface area contributed by atoms with Crippen molar-refractivity contribution in [1.82, 2.24) is 14.7 Å². The van der Waals surface area contributed by atoms with Crippen LogP contribution in [0.2, 0.25) is 5.15 Å². The minimum atomic E-state index is -0.662. The molecule has 9 heteroatoms. The van der Waals surface area contributed by atoms with Gasteiger partial charge >= 0.3 is 5.97 Å². The average Bonchev–Trinajstić information content (AvgIpc) is 3.32. The zero-order valence-corrected chi connectivity index (χ0v) is 15.9. The van der Waals surface area contributed by atoms with Gasteiger partial charge in [-0.15, -0.1) is 0 Å². The number of hydrogen-bond acceptors (Lipinski definition) is 6. The predicted molar refractivity (Wildman–Crippen MR) is 105 cm³/mol. The lowest BCUT2D eigenvalue weighted by Gasteiger charge is -2.06. The zero-order chi connectivity index (χ0) is 20.2. The van der Waals surface area contributed by atoms with Crippen LogP contribution in [0.25, 0.3) is 11.7 Å². The molecule has 0 aliphatic carbocycles. The fourth-order valence-electron chi connectivity index (χ4n) is 2.77. The summed E-state index contributed by atoms with van der Waals surface area (Å²) in [6.45, 7) is 0.0732. The summed E-state index contributed by atoms with van der Waals surface area (Å²) in [4.78, 5) is 28.0. The van der Waals surface area contributed by atoms with Crippen molar-refractivity contribution < 1.29 is 23.8 Å². The summed E-state index contributed by atoms with van der Waals surface area (Å²) in [5.74, 6) is 0.230. The molecule has 1 aliphatic heterocycles. The Labute approximate surface area is 170 Å². The minimum absolute atomic E-state index is 0.189. The monoisotopic (exact) mass is 413 g/mol. The van der Waals surface area contributed by atoms with E-state index in [0.717, 1.165) is 5.56 Å². The molecular formula is C20H16ClN3O5. The van der Waals surface area contributed by atoms with Crippen LogP contribution in [0.3, 0.4) is 0 Å². The van der Waals surface area contributed by atoms with Crippen molar-refractivity contribution in [3.8, 4) is 11.5 Å². The fraction of sp³-hybridized carbons (Fsp3) is 0.150. The molecule has 0 fully saturated rings. The van der Waals surface area contributed by atoms with E-state index in [0.29, 0.717) is 22.8 Å². The van der Waals surface area contributed by atoms with E-state index in [1.165, 1.54) is 12.2 Å². The normalized spacial score (nSPS) is 12.4. The van der Waals surface area contributed by atoms with Crippen molar-refractivity contribution in [1.29, 1.82) is 0 Å². The van der Waals surface area contributed by atoms with Crippen LogP contribution in [0, 0.1) is 0 Å². The van der Waals surface area contributed by atoms with Crippen molar-refractivity contribution in [2.45, 2.75) is 6.54 Å². The zero-order valence-electron chi connectivity index (χ0n) is 15.1. The Hall–Kier alpha value is -3.52. The number of aromatic nitrogens is 2. The maximum atomic E-state index is 11.9. The van der Waals surface area contributed by atoms with Gasteiger partial charge in [-0.3, -0.25) is 9.20 Å². The summed E-state index contributed by atoms with van der Waals surface area (Å²) in [6, 6.07) is 10.8. The maximum absolute atomic E-state index is 11.9. The molecule has 148 valence electrons. The van der Waals surface area contributed by atoms with Gasteiger partial charge < -0.3 is 19.5 Å². The van der Waals surface area contributed by atoms with Crippen LogP contribution in [0.15, 0.2) is 48.7 Å². The number of amides is 1. The Morgan fingerprint density at radius 3 is 3.00 bits per heavy atom. The third-order valence-corrected chi connectivity index (χ3v) is 4.45. The van der Waals surface area contributed by atoms with Crippen molar-refractivity contribution >= 4 is 35.2 Å². The lowest BCUT2D eigenvalue weighted by atomic mass is 10.2. The number of carbonyl (C=O) groups is 2. The first-order valence-corrected chi connectivity index (χ1v) is 9.10. The molecule has 1 aromatic carbocycles. The van der Waals surface area contributed by atoms with Gasteiger partial charge in [0.2, 0.25) is 6.79 Å². The Balaban J connectivity index is 1.27. The molecule has 3 aromatic rings. The van der Waals surface area contributed by atoms with E-state index in [4.69, 9.17) is 25.8 Å². The van der Waals surface area contributed by atoms with Crippen LogP contribution in [0.5, 0.6) is 11.5 Å². The Morgan fingerprint density at radius 2 is 2.10 bits per heavy atom. The van der Waals surface area contributed by atoms with Gasteiger partial charge in [0.1, 0.15) is 5.65 Å². The Kier molecular flexibility index (Phi) is 5.35. The first-order valence-electron chi connectivity index (χ1n) is 8.73. The van der Waals surface area contributed by atoms with E-state index in [1.54, 1.807) is 28.8 Å². The number of halogens is 1. The lowest BCUT2D eigenvalue weighted by Crippen LogP contribution is -2.28. The first kappa shape index (κ1) is 18.8. The van der Waals surface area contributed by atoms with Gasteiger partial charge in [0.15, 0.2) is 23.3 Å². The van der Waals surface area contributed by atoms with E-state index >= 15 is 0 Å². The second-order valence-electron chi connectivity index (χ2n) is 6.12. The van der Waals surface area contributed by atoms with Crippen LogP contribution in [0.1, 0.15) is 11.3 Å². The van der Waals surface area contributed by atoms with E-state index < -0.39 is 18.5 Å². The summed E-state index contributed by atoms with van der Waals surface area (Å²) in [5, 5.41) is 2.94. The fourth-order valence-corrected chi connectivity index (χ4v) is 3.01. The average molecular weight is 414 g/mol. The molecule has 0 spiro atoms. The van der Waals surface area contributed by atoms with Gasteiger partial charge in [-0.05, 0) is 35.9 Å². The van der Waals surface area contributed by atoms with Crippen molar-refractivity contribution in [2.75, 3.05) is 13.4 Å². The van der Waals surface area contributed by atoms with Crippen LogP contribution in [-0.4, -0.2) is 34.7 Å². The number of nitrogens with one attached hydrogen (secondary N) is 1. The molecular weight excluding hydrogens is 398 g/mol. The summed E-state index contributed by atoms with van der Waals surface area (Å²) >= 11 is 6.10. The minimum Gasteiger partial charge on any atom is -0.454 e. The third-order valence-electron chi connectivity index (χ3n) is 4.17. The number of rotatable bonds is 6. The number of imidazole rings is 1. The van der Waals surface area contributed by atoms with Gasteiger partial charge in [-0.2, -0.15) is 0 Å². The molecule has 29 heavy (non-hydrogen) atoms. The van der Waals surface area contributed by atoms with Crippen LogP contribution in [-0.2, 0) is 20.9 Å². The van der Waals surface area contributed by atoms with Gasteiger partial charge in [0.25, 0.3) is 5.91 Å².